The van der Waals surface area contributed by atoms with E-state index < -0.39 is 11.6 Å². The van der Waals surface area contributed by atoms with Crippen LogP contribution < -0.4 is 14.4 Å². The molecule has 9 heteroatoms. The lowest BCUT2D eigenvalue weighted by atomic mass is 9.97. The van der Waals surface area contributed by atoms with Crippen molar-refractivity contribution < 1.29 is 19.4 Å². The SMILES string of the molecule is CCCCCCCCCCC(C)(Oc1ccc2ccc(OCCCCN3CCN(c4cccc(Cl)c4Cl)CC3)cc2n1)C(=O)O. The van der Waals surface area contributed by atoms with Crippen molar-refractivity contribution >= 4 is 45.8 Å². The summed E-state index contributed by atoms with van der Waals surface area (Å²) in [5, 5.41) is 12.1. The van der Waals surface area contributed by atoms with Crippen molar-refractivity contribution in [2.45, 2.75) is 90.1 Å². The third-order valence-electron chi connectivity index (χ3n) is 8.71. The van der Waals surface area contributed by atoms with E-state index in [4.69, 9.17) is 32.7 Å². The van der Waals surface area contributed by atoms with Gasteiger partial charge in [-0.2, -0.15) is 0 Å². The number of aliphatic carboxylic acids is 1. The lowest BCUT2D eigenvalue weighted by Crippen LogP contribution is -2.46. The average molecular weight is 659 g/mol. The Bertz CT molecular complexity index is 1370. The number of anilines is 1. The van der Waals surface area contributed by atoms with Crippen LogP contribution in [0.15, 0.2) is 48.5 Å². The number of pyridine rings is 1. The number of hydrogen-bond acceptors (Lipinski definition) is 6. The van der Waals surface area contributed by atoms with E-state index in [9.17, 15) is 9.90 Å². The van der Waals surface area contributed by atoms with Gasteiger partial charge in [0, 0.05) is 43.7 Å². The number of benzene rings is 2. The molecule has 7 nitrogen and oxygen atoms in total. The van der Waals surface area contributed by atoms with Gasteiger partial charge in [-0.15, -0.1) is 0 Å². The monoisotopic (exact) mass is 657 g/mol. The molecule has 0 amide bonds. The summed E-state index contributed by atoms with van der Waals surface area (Å²) >= 11 is 12.6. The summed E-state index contributed by atoms with van der Waals surface area (Å²) in [5.41, 5.74) is 0.421. The van der Waals surface area contributed by atoms with Crippen molar-refractivity contribution in [2.24, 2.45) is 0 Å². The fourth-order valence-electron chi connectivity index (χ4n) is 5.83. The molecule has 1 fully saturated rings. The Hall–Kier alpha value is -2.74. The van der Waals surface area contributed by atoms with Crippen LogP contribution in [0.25, 0.3) is 10.9 Å². The normalized spacial score (nSPS) is 15.2. The zero-order chi connectivity index (χ0) is 32.1. The molecular formula is C36H49Cl2N3O4. The number of carboxylic acid groups (broad SMARTS) is 1. The van der Waals surface area contributed by atoms with Crippen LogP contribution in [0.5, 0.6) is 11.6 Å². The molecule has 0 spiro atoms. The zero-order valence-corrected chi connectivity index (χ0v) is 28.4. The van der Waals surface area contributed by atoms with Crippen LogP contribution >= 0.6 is 23.2 Å². The first-order valence-electron chi connectivity index (χ1n) is 16.7. The number of unbranched alkanes of at least 4 members (excludes halogenated alkanes) is 8. The quantitative estimate of drug-likeness (QED) is 0.129. The van der Waals surface area contributed by atoms with Crippen molar-refractivity contribution in [1.82, 2.24) is 9.88 Å². The van der Waals surface area contributed by atoms with Gasteiger partial charge in [0.1, 0.15) is 5.75 Å². The topological polar surface area (TPSA) is 75.1 Å². The summed E-state index contributed by atoms with van der Waals surface area (Å²) in [4.78, 5) is 21.6. The number of carboxylic acids is 1. The largest absolute Gasteiger partial charge is 0.494 e. The third kappa shape index (κ3) is 10.7. The van der Waals surface area contributed by atoms with Gasteiger partial charge in [-0.1, -0.05) is 81.1 Å². The Kier molecular flexibility index (Phi) is 13.9. The molecule has 4 rings (SSSR count). The van der Waals surface area contributed by atoms with Crippen LogP contribution in [0, 0.1) is 0 Å². The highest BCUT2D eigenvalue weighted by Crippen LogP contribution is 2.33. The Balaban J connectivity index is 1.19. The molecule has 1 aromatic heterocycles. The second-order valence-corrected chi connectivity index (χ2v) is 13.1. The maximum absolute atomic E-state index is 12.2. The molecule has 0 aliphatic carbocycles. The maximum Gasteiger partial charge on any atom is 0.347 e. The molecule has 3 aromatic rings. The molecule has 45 heavy (non-hydrogen) atoms. The van der Waals surface area contributed by atoms with Crippen LogP contribution in [0.1, 0.15) is 84.5 Å². The minimum atomic E-state index is -1.31. The van der Waals surface area contributed by atoms with Gasteiger partial charge >= 0.3 is 5.97 Å². The van der Waals surface area contributed by atoms with Crippen LogP contribution in [-0.4, -0.2) is 65.9 Å². The summed E-state index contributed by atoms with van der Waals surface area (Å²) in [5.74, 6) is 0.109. The number of nitrogens with zero attached hydrogens (tertiary/aromatic N) is 3. The standard InChI is InChI=1S/C36H49Cl2N3O4/c1-3-4-5-6-7-8-9-10-20-36(2,35(42)43)45-33-19-17-28-16-18-29(27-31(28)39-33)44-26-12-11-21-40-22-24-41(25-23-40)32-15-13-14-30(37)34(32)38/h13-19,27H,3-12,20-26H2,1-2H3,(H,42,43). The lowest BCUT2D eigenvalue weighted by molar-refractivity contribution is -0.154. The van der Waals surface area contributed by atoms with Gasteiger partial charge in [-0.3, -0.25) is 4.90 Å². The van der Waals surface area contributed by atoms with Crippen molar-refractivity contribution in [3.63, 3.8) is 0 Å². The molecule has 2 heterocycles. The predicted molar refractivity (Wildman–Crippen MR) is 185 cm³/mol. The fourth-order valence-corrected chi connectivity index (χ4v) is 6.25. The Morgan fingerprint density at radius 1 is 0.911 bits per heavy atom. The second-order valence-electron chi connectivity index (χ2n) is 12.3. The highest BCUT2D eigenvalue weighted by Gasteiger charge is 2.35. The summed E-state index contributed by atoms with van der Waals surface area (Å²) in [6.45, 7) is 9.36. The van der Waals surface area contributed by atoms with Gasteiger partial charge in [0.15, 0.2) is 0 Å². The molecule has 1 saturated heterocycles. The van der Waals surface area contributed by atoms with E-state index in [1.165, 1.54) is 32.1 Å². The van der Waals surface area contributed by atoms with Gasteiger partial charge in [0.05, 0.1) is 27.9 Å². The number of fused-ring (bicyclic) bond motifs is 1. The summed E-state index contributed by atoms with van der Waals surface area (Å²) in [7, 11) is 0. The molecule has 1 aliphatic heterocycles. The lowest BCUT2D eigenvalue weighted by Gasteiger charge is -2.36. The van der Waals surface area contributed by atoms with Crippen molar-refractivity contribution in [3.05, 3.63) is 58.6 Å². The summed E-state index contributed by atoms with van der Waals surface area (Å²) in [6.07, 6.45) is 11.7. The van der Waals surface area contributed by atoms with Gasteiger partial charge in [-0.05, 0) is 69.5 Å². The molecular weight excluding hydrogens is 609 g/mol. The molecule has 0 bridgehead atoms. The first-order valence-corrected chi connectivity index (χ1v) is 17.4. The van der Waals surface area contributed by atoms with Crippen LogP contribution in [0.3, 0.4) is 0 Å². The van der Waals surface area contributed by atoms with E-state index >= 15 is 0 Å². The van der Waals surface area contributed by atoms with E-state index in [0.29, 0.717) is 29.0 Å². The third-order valence-corrected chi connectivity index (χ3v) is 9.52. The van der Waals surface area contributed by atoms with Crippen LogP contribution in [0.4, 0.5) is 5.69 Å². The van der Waals surface area contributed by atoms with Crippen LogP contribution in [0.2, 0.25) is 10.0 Å². The van der Waals surface area contributed by atoms with Gasteiger partial charge in [0.25, 0.3) is 0 Å². The second kappa shape index (κ2) is 17.8. The first-order chi connectivity index (χ1) is 21.8. The first kappa shape index (κ1) is 35.1. The summed E-state index contributed by atoms with van der Waals surface area (Å²) < 4.78 is 12.1. The van der Waals surface area contributed by atoms with Gasteiger partial charge in [0.2, 0.25) is 11.5 Å². The van der Waals surface area contributed by atoms with E-state index in [2.05, 4.69) is 21.7 Å². The van der Waals surface area contributed by atoms with Crippen molar-refractivity contribution in [2.75, 3.05) is 44.2 Å². The van der Waals surface area contributed by atoms with E-state index in [1.54, 1.807) is 13.0 Å². The van der Waals surface area contributed by atoms with Crippen molar-refractivity contribution in [3.8, 4) is 11.6 Å². The number of rotatable bonds is 19. The molecule has 0 saturated carbocycles. The fraction of sp³-hybridized carbons (Fsp3) is 0.556. The predicted octanol–water partition coefficient (Wildman–Crippen LogP) is 9.28. The number of carbonyl (C=O) groups is 1. The Labute approximate surface area is 278 Å². The number of piperazine rings is 1. The molecule has 2 aromatic carbocycles. The molecule has 0 radical (unpaired) electrons. The molecule has 246 valence electrons. The highest BCUT2D eigenvalue weighted by atomic mass is 35.5. The van der Waals surface area contributed by atoms with E-state index in [1.807, 2.05) is 42.5 Å². The van der Waals surface area contributed by atoms with Crippen molar-refractivity contribution in [1.29, 1.82) is 0 Å². The maximum atomic E-state index is 12.2. The smallest absolute Gasteiger partial charge is 0.347 e. The minimum absolute atomic E-state index is 0.321. The molecule has 1 unspecified atom stereocenters. The van der Waals surface area contributed by atoms with Gasteiger partial charge in [-0.25, -0.2) is 9.78 Å². The molecule has 1 aliphatic rings. The van der Waals surface area contributed by atoms with Gasteiger partial charge < -0.3 is 19.5 Å². The number of ether oxygens (including phenoxy) is 2. The average Bonchev–Trinajstić information content (AvgIpc) is 3.03. The highest BCUT2D eigenvalue weighted by molar-refractivity contribution is 6.43. The number of halogens is 2. The molecule has 1 N–H and O–H groups in total. The molecule has 1 atom stereocenters. The van der Waals surface area contributed by atoms with Crippen LogP contribution in [-0.2, 0) is 4.79 Å². The Morgan fingerprint density at radius 2 is 1.62 bits per heavy atom. The number of hydrogen-bond donors (Lipinski definition) is 1. The number of aromatic nitrogens is 1. The summed E-state index contributed by atoms with van der Waals surface area (Å²) in [6, 6.07) is 15.3. The minimum Gasteiger partial charge on any atom is -0.494 e. The van der Waals surface area contributed by atoms with E-state index in [-0.39, 0.29) is 0 Å². The van der Waals surface area contributed by atoms with E-state index in [0.717, 1.165) is 87.2 Å². The Morgan fingerprint density at radius 3 is 2.36 bits per heavy atom. The zero-order valence-electron chi connectivity index (χ0n) is 26.9.